The lowest BCUT2D eigenvalue weighted by atomic mass is 9.98. The molecule has 166 valence electrons. The summed E-state index contributed by atoms with van der Waals surface area (Å²) >= 11 is 0. The van der Waals surface area contributed by atoms with E-state index in [1.54, 1.807) is 0 Å². The van der Waals surface area contributed by atoms with Gasteiger partial charge in [-0.2, -0.15) is 8.78 Å². The molecule has 2 aromatic rings. The standard InChI is InChI=1S/C23H25F2NO5/c1-14(2)17-7-5-6-15(3)22(17)26-20(27)13-30-21(28)11-9-16-8-10-18(31-23(24)25)19(12-16)29-4/h5-12,14,23H,13H2,1-4H3,(H,26,27)/b11-9+. The van der Waals surface area contributed by atoms with Crippen LogP contribution in [0.5, 0.6) is 11.5 Å². The predicted molar refractivity (Wildman–Crippen MR) is 114 cm³/mol. The Morgan fingerprint density at radius 3 is 2.52 bits per heavy atom. The van der Waals surface area contributed by atoms with Gasteiger partial charge in [-0.1, -0.05) is 38.1 Å². The third kappa shape index (κ3) is 7.09. The van der Waals surface area contributed by atoms with E-state index in [9.17, 15) is 18.4 Å². The van der Waals surface area contributed by atoms with E-state index in [-0.39, 0.29) is 17.4 Å². The molecule has 2 rings (SSSR count). The highest BCUT2D eigenvalue weighted by molar-refractivity contribution is 5.95. The number of amides is 1. The average molecular weight is 433 g/mol. The minimum atomic E-state index is -2.98. The molecule has 0 aliphatic rings. The maximum atomic E-state index is 12.4. The molecule has 0 aliphatic carbocycles. The van der Waals surface area contributed by atoms with Crippen LogP contribution in [0.25, 0.3) is 6.08 Å². The number of nitrogens with one attached hydrogen (secondary N) is 1. The van der Waals surface area contributed by atoms with Crippen LogP contribution in [-0.4, -0.2) is 32.2 Å². The Labute approximate surface area is 179 Å². The topological polar surface area (TPSA) is 73.9 Å². The molecule has 0 saturated carbocycles. The highest BCUT2D eigenvalue weighted by atomic mass is 19.3. The fourth-order valence-electron chi connectivity index (χ4n) is 2.85. The first-order chi connectivity index (χ1) is 14.7. The maximum Gasteiger partial charge on any atom is 0.387 e. The number of benzene rings is 2. The second-order valence-electron chi connectivity index (χ2n) is 6.97. The quantitative estimate of drug-likeness (QED) is 0.449. The van der Waals surface area contributed by atoms with Gasteiger partial charge in [-0.15, -0.1) is 0 Å². The molecule has 1 amide bonds. The molecule has 0 fully saturated rings. The van der Waals surface area contributed by atoms with Crippen molar-refractivity contribution < 1.29 is 32.6 Å². The molecule has 0 heterocycles. The molecule has 1 N–H and O–H groups in total. The molecule has 0 saturated heterocycles. The molecule has 6 nitrogen and oxygen atoms in total. The second-order valence-corrected chi connectivity index (χ2v) is 6.97. The first kappa shape index (κ1) is 23.9. The van der Waals surface area contributed by atoms with E-state index in [1.807, 2.05) is 39.0 Å². The van der Waals surface area contributed by atoms with Gasteiger partial charge < -0.3 is 19.5 Å². The van der Waals surface area contributed by atoms with Crippen molar-refractivity contribution in [2.45, 2.75) is 33.3 Å². The Kier molecular flexibility index (Phi) is 8.54. The summed E-state index contributed by atoms with van der Waals surface area (Å²) in [6.07, 6.45) is 2.54. The number of esters is 1. The number of hydrogen-bond donors (Lipinski definition) is 1. The predicted octanol–water partition coefficient (Wildman–Crippen LogP) is 4.92. The minimum absolute atomic E-state index is 0.0920. The second kappa shape index (κ2) is 11.1. The molecule has 2 aromatic carbocycles. The van der Waals surface area contributed by atoms with Gasteiger partial charge in [-0.25, -0.2) is 4.79 Å². The monoisotopic (exact) mass is 433 g/mol. The van der Waals surface area contributed by atoms with Crippen molar-refractivity contribution in [3.63, 3.8) is 0 Å². The number of ether oxygens (including phenoxy) is 3. The normalized spacial score (nSPS) is 11.1. The Morgan fingerprint density at radius 1 is 1.13 bits per heavy atom. The highest BCUT2D eigenvalue weighted by Gasteiger charge is 2.13. The van der Waals surface area contributed by atoms with Crippen LogP contribution in [0.1, 0.15) is 36.5 Å². The molecule has 0 bridgehead atoms. The van der Waals surface area contributed by atoms with Crippen molar-refractivity contribution in [2.24, 2.45) is 0 Å². The highest BCUT2D eigenvalue weighted by Crippen LogP contribution is 2.30. The minimum Gasteiger partial charge on any atom is -0.493 e. The van der Waals surface area contributed by atoms with Gasteiger partial charge in [-0.3, -0.25) is 4.79 Å². The molecule has 8 heteroatoms. The van der Waals surface area contributed by atoms with Gasteiger partial charge in [0.1, 0.15) is 0 Å². The van der Waals surface area contributed by atoms with Gasteiger partial charge in [0.15, 0.2) is 18.1 Å². The van der Waals surface area contributed by atoms with Crippen LogP contribution in [0.3, 0.4) is 0 Å². The zero-order valence-corrected chi connectivity index (χ0v) is 17.8. The number of alkyl halides is 2. The lowest BCUT2D eigenvalue weighted by molar-refractivity contribution is -0.142. The smallest absolute Gasteiger partial charge is 0.387 e. The van der Waals surface area contributed by atoms with Gasteiger partial charge in [0, 0.05) is 11.8 Å². The average Bonchev–Trinajstić information content (AvgIpc) is 2.72. The molecule has 0 aromatic heterocycles. The Hall–Kier alpha value is -3.42. The fraction of sp³-hybridized carbons (Fsp3) is 0.304. The number of hydrogen-bond acceptors (Lipinski definition) is 5. The van der Waals surface area contributed by atoms with Crippen molar-refractivity contribution in [3.8, 4) is 11.5 Å². The molecular formula is C23H25F2NO5. The number of para-hydroxylation sites is 1. The molecule has 0 radical (unpaired) electrons. The molecule has 31 heavy (non-hydrogen) atoms. The molecule has 0 spiro atoms. The van der Waals surface area contributed by atoms with E-state index >= 15 is 0 Å². The van der Waals surface area contributed by atoms with Crippen LogP contribution in [0.15, 0.2) is 42.5 Å². The summed E-state index contributed by atoms with van der Waals surface area (Å²) in [5.41, 5.74) is 3.13. The lowest BCUT2D eigenvalue weighted by Gasteiger charge is -2.16. The van der Waals surface area contributed by atoms with E-state index in [1.165, 1.54) is 31.4 Å². The number of halogens is 2. The van der Waals surface area contributed by atoms with Gasteiger partial charge in [-0.05, 0) is 47.7 Å². The van der Waals surface area contributed by atoms with Crippen LogP contribution in [0.2, 0.25) is 0 Å². The zero-order chi connectivity index (χ0) is 23.0. The summed E-state index contributed by atoms with van der Waals surface area (Å²) in [6.45, 7) is 2.52. The van der Waals surface area contributed by atoms with E-state index in [2.05, 4.69) is 10.1 Å². The number of rotatable bonds is 9. The summed E-state index contributed by atoms with van der Waals surface area (Å²) in [5.74, 6) is -0.987. The van der Waals surface area contributed by atoms with Gasteiger partial charge in [0.05, 0.1) is 7.11 Å². The van der Waals surface area contributed by atoms with E-state index < -0.39 is 25.1 Å². The van der Waals surface area contributed by atoms with Crippen molar-refractivity contribution in [2.75, 3.05) is 19.0 Å². The van der Waals surface area contributed by atoms with E-state index in [0.29, 0.717) is 11.3 Å². The Morgan fingerprint density at radius 2 is 1.87 bits per heavy atom. The number of carbonyl (C=O) groups excluding carboxylic acids is 2. The van der Waals surface area contributed by atoms with Crippen LogP contribution in [0.4, 0.5) is 14.5 Å². The largest absolute Gasteiger partial charge is 0.493 e. The zero-order valence-electron chi connectivity index (χ0n) is 17.8. The van der Waals surface area contributed by atoms with E-state index in [4.69, 9.17) is 9.47 Å². The van der Waals surface area contributed by atoms with Crippen molar-refractivity contribution >= 4 is 23.6 Å². The summed E-state index contributed by atoms with van der Waals surface area (Å²) in [6, 6.07) is 9.96. The van der Waals surface area contributed by atoms with Gasteiger partial charge in [0.25, 0.3) is 5.91 Å². The SMILES string of the molecule is COc1cc(/C=C/C(=O)OCC(=O)Nc2c(C)cccc2C(C)C)ccc1OC(F)F. The summed E-state index contributed by atoms with van der Waals surface area (Å²) in [7, 11) is 1.31. The van der Waals surface area contributed by atoms with Crippen molar-refractivity contribution in [3.05, 3.63) is 59.2 Å². The van der Waals surface area contributed by atoms with Crippen molar-refractivity contribution in [1.29, 1.82) is 0 Å². The van der Waals surface area contributed by atoms with E-state index in [0.717, 1.165) is 17.2 Å². The summed E-state index contributed by atoms with van der Waals surface area (Å²) in [4.78, 5) is 24.2. The van der Waals surface area contributed by atoms with Gasteiger partial charge >= 0.3 is 12.6 Å². The van der Waals surface area contributed by atoms with Gasteiger partial charge in [0.2, 0.25) is 0 Å². The number of methoxy groups -OCH3 is 1. The van der Waals surface area contributed by atoms with Crippen molar-refractivity contribution in [1.82, 2.24) is 0 Å². The molecule has 0 aliphatic heterocycles. The fourth-order valence-corrected chi connectivity index (χ4v) is 2.85. The first-order valence-corrected chi connectivity index (χ1v) is 9.58. The summed E-state index contributed by atoms with van der Waals surface area (Å²) in [5, 5.41) is 2.79. The summed E-state index contributed by atoms with van der Waals surface area (Å²) < 4.78 is 39.1. The Bertz CT molecular complexity index is 957. The third-order valence-corrected chi connectivity index (χ3v) is 4.35. The molecule has 0 unspecified atom stereocenters. The number of anilines is 1. The molecule has 0 atom stereocenters. The maximum absolute atomic E-state index is 12.4. The van der Waals surface area contributed by atoms with Crippen LogP contribution < -0.4 is 14.8 Å². The lowest BCUT2D eigenvalue weighted by Crippen LogP contribution is -2.21. The third-order valence-electron chi connectivity index (χ3n) is 4.35. The number of aryl methyl sites for hydroxylation is 1. The first-order valence-electron chi connectivity index (χ1n) is 9.58. The Balaban J connectivity index is 1.95. The van der Waals surface area contributed by atoms with Crippen LogP contribution in [-0.2, 0) is 14.3 Å². The molecular weight excluding hydrogens is 408 g/mol. The van der Waals surface area contributed by atoms with Crippen LogP contribution in [0, 0.1) is 6.92 Å². The van der Waals surface area contributed by atoms with Crippen LogP contribution >= 0.6 is 0 Å². The number of carbonyl (C=O) groups is 2.